The molecule has 0 aliphatic rings. The van der Waals surface area contributed by atoms with E-state index in [0.717, 1.165) is 44.7 Å². The first kappa shape index (κ1) is 27.5. The lowest BCUT2D eigenvalue weighted by Gasteiger charge is -2.26. The highest BCUT2D eigenvalue weighted by Crippen LogP contribution is 2.41. The minimum Gasteiger partial charge on any atom is -0.456 e. The van der Waals surface area contributed by atoms with Crippen molar-refractivity contribution in [1.82, 2.24) is 4.57 Å². The number of aromatic nitrogens is 1. The summed E-state index contributed by atoms with van der Waals surface area (Å²) >= 11 is 0. The lowest BCUT2D eigenvalue weighted by molar-refractivity contribution is 0.669. The second-order valence-corrected chi connectivity index (χ2v) is 12.6. The average molecular weight is 627 g/mol. The molecule has 0 unspecified atom stereocenters. The summed E-state index contributed by atoms with van der Waals surface area (Å²) in [5.74, 6) is 0. The maximum absolute atomic E-state index is 6.35. The molecular weight excluding hydrogens is 597 g/mol. The van der Waals surface area contributed by atoms with Crippen molar-refractivity contribution in [3.63, 3.8) is 0 Å². The molecule has 3 nitrogen and oxygen atoms in total. The predicted molar refractivity (Wildman–Crippen MR) is 206 cm³/mol. The number of anilines is 3. The Hall–Kier alpha value is -6.58. The Morgan fingerprint density at radius 3 is 1.80 bits per heavy atom. The van der Waals surface area contributed by atoms with Gasteiger partial charge >= 0.3 is 0 Å². The van der Waals surface area contributed by atoms with Crippen LogP contribution in [0, 0.1) is 0 Å². The maximum atomic E-state index is 6.35. The molecule has 2 heterocycles. The summed E-state index contributed by atoms with van der Waals surface area (Å²) in [6, 6.07) is 64.9. The normalized spacial score (nSPS) is 11.7. The van der Waals surface area contributed by atoms with Crippen molar-refractivity contribution in [2.24, 2.45) is 0 Å². The van der Waals surface area contributed by atoms with E-state index < -0.39 is 0 Å². The van der Waals surface area contributed by atoms with Crippen molar-refractivity contribution < 1.29 is 4.42 Å². The zero-order chi connectivity index (χ0) is 32.3. The second-order valence-electron chi connectivity index (χ2n) is 12.6. The second kappa shape index (κ2) is 11.0. The van der Waals surface area contributed by atoms with Crippen LogP contribution in [0.2, 0.25) is 0 Å². The summed E-state index contributed by atoms with van der Waals surface area (Å²) in [6.07, 6.45) is 0. The molecule has 0 saturated carbocycles. The van der Waals surface area contributed by atoms with Gasteiger partial charge in [-0.05, 0) is 77.2 Å². The van der Waals surface area contributed by atoms with Gasteiger partial charge < -0.3 is 13.9 Å². The van der Waals surface area contributed by atoms with Crippen LogP contribution in [0.4, 0.5) is 17.1 Å². The topological polar surface area (TPSA) is 21.3 Å². The van der Waals surface area contributed by atoms with E-state index in [1.807, 2.05) is 12.1 Å². The maximum Gasteiger partial charge on any atom is 0.137 e. The van der Waals surface area contributed by atoms with Crippen LogP contribution in [-0.2, 0) is 0 Å². The van der Waals surface area contributed by atoms with Crippen LogP contribution in [0.15, 0.2) is 186 Å². The summed E-state index contributed by atoms with van der Waals surface area (Å²) in [4.78, 5) is 2.31. The van der Waals surface area contributed by atoms with Crippen molar-refractivity contribution >= 4 is 71.6 Å². The molecule has 49 heavy (non-hydrogen) atoms. The number of hydrogen-bond donors (Lipinski definition) is 0. The van der Waals surface area contributed by atoms with Gasteiger partial charge in [0.25, 0.3) is 0 Å². The lowest BCUT2D eigenvalue weighted by atomic mass is 10.0. The van der Waals surface area contributed by atoms with Gasteiger partial charge in [0.15, 0.2) is 0 Å². The number of fused-ring (bicyclic) bond motifs is 8. The van der Waals surface area contributed by atoms with Gasteiger partial charge in [-0.3, -0.25) is 0 Å². The van der Waals surface area contributed by atoms with Crippen LogP contribution in [0.1, 0.15) is 0 Å². The first-order valence-electron chi connectivity index (χ1n) is 16.7. The number of nitrogens with zero attached hydrogens (tertiary/aromatic N) is 2. The Morgan fingerprint density at radius 1 is 0.388 bits per heavy atom. The van der Waals surface area contributed by atoms with Crippen LogP contribution < -0.4 is 4.90 Å². The molecule has 3 heteroatoms. The molecule has 2 aromatic heterocycles. The average Bonchev–Trinajstić information content (AvgIpc) is 3.72. The van der Waals surface area contributed by atoms with Gasteiger partial charge in [0, 0.05) is 55.7 Å². The van der Waals surface area contributed by atoms with Crippen molar-refractivity contribution in [3.05, 3.63) is 182 Å². The molecule has 0 radical (unpaired) electrons. The highest BCUT2D eigenvalue weighted by molar-refractivity contribution is 6.18. The number of furan rings is 1. The molecule has 8 aromatic carbocycles. The molecule has 10 rings (SSSR count). The number of para-hydroxylation sites is 2. The quantitative estimate of drug-likeness (QED) is 0.190. The first-order chi connectivity index (χ1) is 24.3. The van der Waals surface area contributed by atoms with Crippen LogP contribution in [0.25, 0.3) is 71.3 Å². The zero-order valence-corrected chi connectivity index (χ0v) is 26.6. The monoisotopic (exact) mass is 626 g/mol. The van der Waals surface area contributed by atoms with Gasteiger partial charge in [-0.1, -0.05) is 115 Å². The molecule has 0 saturated heterocycles. The Labute approximate surface area is 283 Å². The van der Waals surface area contributed by atoms with Crippen molar-refractivity contribution in [3.8, 4) is 16.8 Å². The molecule has 0 fully saturated rings. The standard InChI is InChI=1S/C46H30N2O/c1-2-10-31(11-3-1)32-18-21-34(22-19-32)47(37-27-29-41-40-15-7-9-17-44(40)49-45(41)30-37)35-23-25-36(26-24-35)48-43-16-8-6-14-39(43)42-28-20-33-12-4-5-13-38(33)46(42)48/h1-30H. The van der Waals surface area contributed by atoms with Gasteiger partial charge in [-0.25, -0.2) is 0 Å². The third-order valence-corrected chi connectivity index (χ3v) is 9.78. The van der Waals surface area contributed by atoms with Gasteiger partial charge in [-0.15, -0.1) is 0 Å². The van der Waals surface area contributed by atoms with Gasteiger partial charge in [0.2, 0.25) is 0 Å². The largest absolute Gasteiger partial charge is 0.456 e. The fraction of sp³-hybridized carbons (Fsp3) is 0. The van der Waals surface area contributed by atoms with E-state index in [2.05, 4.69) is 179 Å². The Balaban J connectivity index is 1.14. The highest BCUT2D eigenvalue weighted by Gasteiger charge is 2.18. The van der Waals surface area contributed by atoms with E-state index in [0.29, 0.717) is 0 Å². The molecule has 230 valence electrons. The zero-order valence-electron chi connectivity index (χ0n) is 26.6. The molecule has 0 bridgehead atoms. The van der Waals surface area contributed by atoms with Crippen LogP contribution in [0.5, 0.6) is 0 Å². The van der Waals surface area contributed by atoms with E-state index in [1.165, 1.54) is 43.7 Å². The molecule has 10 aromatic rings. The van der Waals surface area contributed by atoms with E-state index in [9.17, 15) is 0 Å². The minimum atomic E-state index is 0.874. The van der Waals surface area contributed by atoms with Crippen molar-refractivity contribution in [2.45, 2.75) is 0 Å². The van der Waals surface area contributed by atoms with Gasteiger partial charge in [0.05, 0.1) is 11.0 Å². The third-order valence-electron chi connectivity index (χ3n) is 9.78. The molecule has 0 spiro atoms. The fourth-order valence-corrected chi connectivity index (χ4v) is 7.48. The van der Waals surface area contributed by atoms with Crippen LogP contribution in [-0.4, -0.2) is 4.57 Å². The van der Waals surface area contributed by atoms with Gasteiger partial charge in [0.1, 0.15) is 11.2 Å². The summed E-state index contributed by atoms with van der Waals surface area (Å²) in [6.45, 7) is 0. The molecule has 0 aliphatic heterocycles. The van der Waals surface area contributed by atoms with E-state index in [4.69, 9.17) is 4.42 Å². The number of rotatable bonds is 5. The molecule has 0 aliphatic carbocycles. The fourth-order valence-electron chi connectivity index (χ4n) is 7.48. The van der Waals surface area contributed by atoms with E-state index in [-0.39, 0.29) is 0 Å². The SMILES string of the molecule is c1ccc(-c2ccc(N(c3ccc(-n4c5ccccc5c5ccc6ccccc6c54)cc3)c3ccc4c(c3)oc3ccccc34)cc2)cc1. The highest BCUT2D eigenvalue weighted by atomic mass is 16.3. The number of hydrogen-bond acceptors (Lipinski definition) is 2. The first-order valence-corrected chi connectivity index (χ1v) is 16.7. The van der Waals surface area contributed by atoms with Gasteiger partial charge in [-0.2, -0.15) is 0 Å². The summed E-state index contributed by atoms with van der Waals surface area (Å²) in [7, 11) is 0. The van der Waals surface area contributed by atoms with E-state index >= 15 is 0 Å². The van der Waals surface area contributed by atoms with Crippen molar-refractivity contribution in [1.29, 1.82) is 0 Å². The van der Waals surface area contributed by atoms with Crippen LogP contribution in [0.3, 0.4) is 0 Å². The Bertz CT molecular complexity index is 2810. The smallest absolute Gasteiger partial charge is 0.137 e. The minimum absolute atomic E-state index is 0.874. The lowest BCUT2D eigenvalue weighted by Crippen LogP contribution is -2.10. The third kappa shape index (κ3) is 4.44. The molecule has 0 amide bonds. The number of benzene rings is 8. The Kier molecular flexibility index (Phi) is 6.18. The molecule has 0 atom stereocenters. The molecule has 0 N–H and O–H groups in total. The summed E-state index contributed by atoms with van der Waals surface area (Å²) in [5.41, 5.74) is 10.9. The predicted octanol–water partition coefficient (Wildman–Crippen LogP) is 13.0. The van der Waals surface area contributed by atoms with Crippen LogP contribution >= 0.6 is 0 Å². The van der Waals surface area contributed by atoms with E-state index in [1.54, 1.807) is 0 Å². The summed E-state index contributed by atoms with van der Waals surface area (Å²) in [5, 5.41) is 7.25. The molecular formula is C46H30N2O. The van der Waals surface area contributed by atoms with Crippen molar-refractivity contribution in [2.75, 3.05) is 4.90 Å². The Morgan fingerprint density at radius 2 is 0.980 bits per heavy atom. The summed E-state index contributed by atoms with van der Waals surface area (Å²) < 4.78 is 8.76.